The van der Waals surface area contributed by atoms with E-state index in [4.69, 9.17) is 5.26 Å². The molecule has 2 nitrogen and oxygen atoms in total. The van der Waals surface area contributed by atoms with Crippen LogP contribution in [0.1, 0.15) is 39.9 Å². The number of Topliss-reactive ketones (excluding diaryl/α,β-unsaturated/α-hetero) is 1. The number of carbonyl (C=O) groups excluding carboxylic acids is 1. The van der Waals surface area contributed by atoms with Crippen LogP contribution in [0, 0.1) is 11.3 Å². The Kier molecular flexibility index (Phi) is 3.31. The van der Waals surface area contributed by atoms with Crippen LogP contribution in [-0.2, 0) is 12.1 Å². The molecule has 0 bridgehead atoms. The van der Waals surface area contributed by atoms with Crippen LogP contribution in [0.5, 0.6) is 0 Å². The number of halogens is 1. The van der Waals surface area contributed by atoms with Crippen molar-refractivity contribution in [2.24, 2.45) is 0 Å². The summed E-state index contributed by atoms with van der Waals surface area (Å²) in [6.07, 6.45) is 1.51. The Hall–Kier alpha value is -2.47. The molecule has 0 aromatic heterocycles. The standard InChI is InChI=1S/C18H14FNO/c19-18(15-9-7-13(12-20)8-10-15)11-3-5-14-4-1-2-6-16(14)17(18)21/h1-2,4,6-10H,3,5,11H2. The largest absolute Gasteiger partial charge is 0.290 e. The SMILES string of the molecule is N#Cc1ccc(C2(F)CCCc3ccccc3C2=O)cc1. The molecule has 0 amide bonds. The topological polar surface area (TPSA) is 40.9 Å². The molecule has 0 aliphatic heterocycles. The van der Waals surface area contributed by atoms with Gasteiger partial charge in [-0.15, -0.1) is 0 Å². The third-order valence-corrected chi connectivity index (χ3v) is 4.06. The van der Waals surface area contributed by atoms with Crippen molar-refractivity contribution in [3.05, 3.63) is 70.8 Å². The van der Waals surface area contributed by atoms with Crippen molar-refractivity contribution in [2.45, 2.75) is 24.9 Å². The smallest absolute Gasteiger partial charge is 0.204 e. The molecule has 21 heavy (non-hydrogen) atoms. The van der Waals surface area contributed by atoms with Gasteiger partial charge in [-0.1, -0.05) is 36.4 Å². The lowest BCUT2D eigenvalue weighted by molar-refractivity contribution is 0.0657. The van der Waals surface area contributed by atoms with E-state index in [9.17, 15) is 4.79 Å². The lowest BCUT2D eigenvalue weighted by Crippen LogP contribution is -2.30. The van der Waals surface area contributed by atoms with Crippen molar-refractivity contribution >= 4 is 5.78 Å². The van der Waals surface area contributed by atoms with E-state index >= 15 is 4.39 Å². The fourth-order valence-electron chi connectivity index (χ4n) is 2.89. The lowest BCUT2D eigenvalue weighted by Gasteiger charge is -2.23. The molecule has 1 unspecified atom stereocenters. The summed E-state index contributed by atoms with van der Waals surface area (Å²) in [4.78, 5) is 12.7. The number of rotatable bonds is 1. The highest BCUT2D eigenvalue weighted by Crippen LogP contribution is 2.38. The van der Waals surface area contributed by atoms with E-state index in [1.165, 1.54) is 0 Å². The van der Waals surface area contributed by atoms with Gasteiger partial charge >= 0.3 is 0 Å². The molecule has 0 spiro atoms. The van der Waals surface area contributed by atoms with Gasteiger partial charge in [0, 0.05) is 5.56 Å². The first-order valence-electron chi connectivity index (χ1n) is 6.97. The van der Waals surface area contributed by atoms with E-state index in [-0.39, 0.29) is 6.42 Å². The number of carbonyl (C=O) groups is 1. The summed E-state index contributed by atoms with van der Waals surface area (Å²) in [7, 11) is 0. The second-order valence-electron chi connectivity index (χ2n) is 5.33. The van der Waals surface area contributed by atoms with E-state index < -0.39 is 11.5 Å². The molecule has 104 valence electrons. The normalized spacial score (nSPS) is 21.2. The Morgan fingerprint density at radius 2 is 1.81 bits per heavy atom. The number of benzene rings is 2. The number of aryl methyl sites for hydroxylation is 1. The van der Waals surface area contributed by atoms with E-state index in [0.29, 0.717) is 29.5 Å². The summed E-state index contributed by atoms with van der Waals surface area (Å²) in [6.45, 7) is 0. The molecule has 1 atom stereocenters. The monoisotopic (exact) mass is 279 g/mol. The molecule has 3 rings (SSSR count). The minimum absolute atomic E-state index is 0.173. The summed E-state index contributed by atoms with van der Waals surface area (Å²) >= 11 is 0. The molecule has 0 heterocycles. The van der Waals surface area contributed by atoms with Crippen LogP contribution in [0.2, 0.25) is 0 Å². The second-order valence-corrected chi connectivity index (χ2v) is 5.33. The Morgan fingerprint density at radius 3 is 2.52 bits per heavy atom. The summed E-state index contributed by atoms with van der Waals surface area (Å²) in [5.74, 6) is -0.472. The van der Waals surface area contributed by atoms with Crippen LogP contribution in [0.25, 0.3) is 0 Å². The molecule has 1 aliphatic carbocycles. The van der Waals surface area contributed by atoms with E-state index in [2.05, 4.69) is 0 Å². The highest BCUT2D eigenvalue weighted by atomic mass is 19.1. The molecule has 0 saturated heterocycles. The van der Waals surface area contributed by atoms with Crippen molar-refractivity contribution in [3.8, 4) is 6.07 Å². The number of ketones is 1. The van der Waals surface area contributed by atoms with Crippen molar-refractivity contribution < 1.29 is 9.18 Å². The number of hydrogen-bond acceptors (Lipinski definition) is 2. The van der Waals surface area contributed by atoms with Gasteiger partial charge in [0.05, 0.1) is 11.6 Å². The minimum Gasteiger partial charge on any atom is -0.290 e. The summed E-state index contributed by atoms with van der Waals surface area (Å²) in [5, 5.41) is 8.82. The number of nitriles is 1. The third kappa shape index (κ3) is 2.23. The van der Waals surface area contributed by atoms with Gasteiger partial charge in [-0.2, -0.15) is 5.26 Å². The second kappa shape index (κ2) is 5.14. The zero-order chi connectivity index (χ0) is 14.9. The summed E-state index contributed by atoms with van der Waals surface area (Å²) in [6, 6.07) is 15.4. The van der Waals surface area contributed by atoms with Crippen molar-refractivity contribution in [3.63, 3.8) is 0 Å². The maximum absolute atomic E-state index is 15.4. The summed E-state index contributed by atoms with van der Waals surface area (Å²) in [5.41, 5.74) is 0.185. The molecule has 0 saturated carbocycles. The van der Waals surface area contributed by atoms with Gasteiger partial charge in [-0.25, -0.2) is 4.39 Å². The summed E-state index contributed by atoms with van der Waals surface area (Å²) < 4.78 is 15.4. The van der Waals surface area contributed by atoms with E-state index in [0.717, 1.165) is 5.56 Å². The van der Waals surface area contributed by atoms with Crippen LogP contribution < -0.4 is 0 Å². The average Bonchev–Trinajstić information content (AvgIpc) is 2.66. The van der Waals surface area contributed by atoms with Crippen LogP contribution in [0.3, 0.4) is 0 Å². The highest BCUT2D eigenvalue weighted by Gasteiger charge is 2.42. The van der Waals surface area contributed by atoms with Gasteiger partial charge in [0.2, 0.25) is 5.78 Å². The van der Waals surface area contributed by atoms with Gasteiger partial charge in [-0.05, 0) is 42.5 Å². The van der Waals surface area contributed by atoms with Crippen molar-refractivity contribution in [1.82, 2.24) is 0 Å². The van der Waals surface area contributed by atoms with Gasteiger partial charge in [0.1, 0.15) is 0 Å². The number of hydrogen-bond donors (Lipinski definition) is 0. The first-order chi connectivity index (χ1) is 10.1. The Morgan fingerprint density at radius 1 is 1.10 bits per heavy atom. The first-order valence-corrected chi connectivity index (χ1v) is 6.97. The Bertz CT molecular complexity index is 730. The predicted octanol–water partition coefficient (Wildman–Crippen LogP) is 3.94. The Balaban J connectivity index is 2.08. The molecule has 2 aromatic rings. The molecule has 0 fully saturated rings. The quantitative estimate of drug-likeness (QED) is 0.742. The molecular formula is C18H14FNO. The van der Waals surface area contributed by atoms with Gasteiger partial charge < -0.3 is 0 Å². The third-order valence-electron chi connectivity index (χ3n) is 4.06. The number of nitrogens with zero attached hydrogens (tertiary/aromatic N) is 1. The van der Waals surface area contributed by atoms with E-state index in [1.54, 1.807) is 36.4 Å². The molecule has 0 N–H and O–H groups in total. The molecule has 3 heteroatoms. The molecule has 2 aromatic carbocycles. The van der Waals surface area contributed by atoms with Gasteiger partial charge in [0.25, 0.3) is 0 Å². The maximum atomic E-state index is 15.4. The molecular weight excluding hydrogens is 265 g/mol. The Labute approximate surface area is 122 Å². The van der Waals surface area contributed by atoms with Crippen LogP contribution >= 0.6 is 0 Å². The number of fused-ring (bicyclic) bond motifs is 1. The average molecular weight is 279 g/mol. The zero-order valence-electron chi connectivity index (χ0n) is 11.5. The van der Waals surface area contributed by atoms with Crippen LogP contribution in [0.15, 0.2) is 48.5 Å². The number of alkyl halides is 1. The zero-order valence-corrected chi connectivity index (χ0v) is 11.5. The lowest BCUT2D eigenvalue weighted by atomic mass is 9.85. The van der Waals surface area contributed by atoms with Gasteiger partial charge in [0.15, 0.2) is 5.67 Å². The fourth-order valence-corrected chi connectivity index (χ4v) is 2.89. The van der Waals surface area contributed by atoms with Crippen LogP contribution in [-0.4, -0.2) is 5.78 Å². The predicted molar refractivity (Wildman–Crippen MR) is 77.7 cm³/mol. The fraction of sp³-hybridized carbons (Fsp3) is 0.222. The maximum Gasteiger partial charge on any atom is 0.204 e. The first kappa shape index (κ1) is 13.5. The minimum atomic E-state index is -2.00. The van der Waals surface area contributed by atoms with E-state index in [1.807, 2.05) is 18.2 Å². The van der Waals surface area contributed by atoms with Gasteiger partial charge in [-0.3, -0.25) is 4.79 Å². The van der Waals surface area contributed by atoms with Crippen LogP contribution in [0.4, 0.5) is 4.39 Å². The highest BCUT2D eigenvalue weighted by molar-refractivity contribution is 6.04. The molecule has 0 radical (unpaired) electrons. The molecule has 1 aliphatic rings. The van der Waals surface area contributed by atoms with Crippen molar-refractivity contribution in [1.29, 1.82) is 5.26 Å². The van der Waals surface area contributed by atoms with Crippen molar-refractivity contribution in [2.75, 3.05) is 0 Å².